The van der Waals surface area contributed by atoms with E-state index in [4.69, 9.17) is 0 Å². The lowest BCUT2D eigenvalue weighted by Crippen LogP contribution is -2.48. The molecule has 24 heavy (non-hydrogen) atoms. The van der Waals surface area contributed by atoms with Gasteiger partial charge in [-0.1, -0.05) is 0 Å². The molecule has 1 saturated heterocycles. The monoisotopic (exact) mass is 350 g/mol. The van der Waals surface area contributed by atoms with Crippen LogP contribution in [0.5, 0.6) is 0 Å². The third-order valence-electron chi connectivity index (χ3n) is 4.82. The normalized spacial score (nSPS) is 20.6. The van der Waals surface area contributed by atoms with E-state index in [-0.39, 0.29) is 24.7 Å². The average Bonchev–Trinajstić information content (AvgIpc) is 3.06. The summed E-state index contributed by atoms with van der Waals surface area (Å²) in [5.74, 6) is -1.19. The van der Waals surface area contributed by atoms with Crippen molar-refractivity contribution < 1.29 is 19.5 Å². The van der Waals surface area contributed by atoms with Crippen LogP contribution in [0.25, 0.3) is 0 Å². The molecule has 1 fully saturated rings. The summed E-state index contributed by atoms with van der Waals surface area (Å²) in [6, 6.07) is 1.32. The molecule has 3 rings (SSSR count). The van der Waals surface area contributed by atoms with Gasteiger partial charge in [0.1, 0.15) is 6.04 Å². The van der Waals surface area contributed by atoms with Gasteiger partial charge in [-0.3, -0.25) is 9.59 Å². The van der Waals surface area contributed by atoms with Gasteiger partial charge < -0.3 is 14.9 Å². The molecule has 130 valence electrons. The topological polar surface area (TPSA) is 77.9 Å². The van der Waals surface area contributed by atoms with Crippen molar-refractivity contribution in [2.24, 2.45) is 0 Å². The number of carbonyl (C=O) groups excluding carboxylic acids is 2. The maximum absolute atomic E-state index is 12.4. The first-order chi connectivity index (χ1) is 11.6. The second-order valence-corrected chi connectivity index (χ2v) is 7.37. The molecule has 7 heteroatoms. The van der Waals surface area contributed by atoms with Crippen LogP contribution in [0.1, 0.15) is 42.5 Å². The Morgan fingerprint density at radius 2 is 1.96 bits per heavy atom. The molecule has 1 aromatic heterocycles. The zero-order valence-electron chi connectivity index (χ0n) is 13.6. The zero-order valence-corrected chi connectivity index (χ0v) is 14.4. The highest BCUT2D eigenvalue weighted by molar-refractivity contribution is 7.10. The molecule has 0 spiro atoms. The van der Waals surface area contributed by atoms with Crippen LogP contribution in [0.2, 0.25) is 0 Å². The predicted molar refractivity (Wildman–Crippen MR) is 89.7 cm³/mol. The molecule has 2 aliphatic rings. The molecule has 1 atom stereocenters. The first-order valence-corrected chi connectivity index (χ1v) is 9.29. The number of thiophene rings is 1. The number of rotatable bonds is 4. The van der Waals surface area contributed by atoms with Crippen LogP contribution < -0.4 is 0 Å². The van der Waals surface area contributed by atoms with Crippen LogP contribution in [0.15, 0.2) is 11.4 Å². The fourth-order valence-corrected chi connectivity index (χ4v) is 4.35. The Bertz CT molecular complexity index is 642. The summed E-state index contributed by atoms with van der Waals surface area (Å²) in [6.45, 7) is 1.79. The highest BCUT2D eigenvalue weighted by atomic mass is 32.1. The van der Waals surface area contributed by atoms with Gasteiger partial charge in [0.2, 0.25) is 11.8 Å². The fraction of sp³-hybridized carbons (Fsp3) is 0.588. The summed E-state index contributed by atoms with van der Waals surface area (Å²) in [6.07, 6.45) is 3.28. The molecular formula is C17H22N2O4S. The molecule has 1 N–H and O–H groups in total. The number of hydrogen-bond acceptors (Lipinski definition) is 4. The maximum atomic E-state index is 12.4. The lowest BCUT2D eigenvalue weighted by molar-refractivity contribution is -0.152. The highest BCUT2D eigenvalue weighted by Crippen LogP contribution is 2.25. The van der Waals surface area contributed by atoms with E-state index in [0.717, 1.165) is 19.3 Å². The Hall–Kier alpha value is -1.89. The van der Waals surface area contributed by atoms with Gasteiger partial charge in [-0.2, -0.15) is 0 Å². The summed E-state index contributed by atoms with van der Waals surface area (Å²) in [4.78, 5) is 40.6. The molecule has 3 heterocycles. The van der Waals surface area contributed by atoms with Crippen LogP contribution in [-0.2, 0) is 27.3 Å². The van der Waals surface area contributed by atoms with Crippen molar-refractivity contribution in [1.29, 1.82) is 0 Å². The molecule has 0 aromatic carbocycles. The van der Waals surface area contributed by atoms with Crippen LogP contribution in [0, 0.1) is 0 Å². The lowest BCUT2D eigenvalue weighted by atomic mass is 10.0. The van der Waals surface area contributed by atoms with Crippen molar-refractivity contribution in [3.8, 4) is 0 Å². The number of amides is 2. The zero-order chi connectivity index (χ0) is 17.1. The third-order valence-corrected chi connectivity index (χ3v) is 5.84. The van der Waals surface area contributed by atoms with Crippen LogP contribution >= 0.6 is 11.3 Å². The van der Waals surface area contributed by atoms with Gasteiger partial charge >= 0.3 is 5.97 Å². The molecule has 0 unspecified atom stereocenters. The summed E-state index contributed by atoms with van der Waals surface area (Å²) < 4.78 is 0. The number of hydrogen-bond donors (Lipinski definition) is 1. The Morgan fingerprint density at radius 1 is 1.17 bits per heavy atom. The van der Waals surface area contributed by atoms with E-state index >= 15 is 0 Å². The second kappa shape index (κ2) is 7.34. The minimum atomic E-state index is -0.949. The summed E-state index contributed by atoms with van der Waals surface area (Å²) in [7, 11) is 0. The molecule has 0 radical (unpaired) electrons. The minimum Gasteiger partial charge on any atom is -0.480 e. The number of nitrogens with zero attached hydrogens (tertiary/aromatic N) is 2. The molecule has 1 aromatic rings. The molecular weight excluding hydrogens is 328 g/mol. The first kappa shape index (κ1) is 17.0. The quantitative estimate of drug-likeness (QED) is 0.899. The standard InChI is InChI=1S/C17H22N2O4S/c20-15(18-9-6-14-12(11-18)7-10-24-14)4-5-16(21)19-8-2-1-3-13(19)17(22)23/h7,10,13H,1-6,8-9,11H2,(H,22,23)/t13-/m1/s1. The number of fused-ring (bicyclic) bond motifs is 1. The smallest absolute Gasteiger partial charge is 0.326 e. The van der Waals surface area contributed by atoms with Crippen molar-refractivity contribution in [2.45, 2.75) is 51.1 Å². The van der Waals surface area contributed by atoms with Crippen molar-refractivity contribution in [2.75, 3.05) is 13.1 Å². The van der Waals surface area contributed by atoms with E-state index in [1.165, 1.54) is 15.3 Å². The lowest BCUT2D eigenvalue weighted by Gasteiger charge is -2.33. The summed E-state index contributed by atoms with van der Waals surface area (Å²) in [5, 5.41) is 11.3. The van der Waals surface area contributed by atoms with Crippen LogP contribution in [0.3, 0.4) is 0 Å². The van der Waals surface area contributed by atoms with Gasteiger partial charge in [-0.15, -0.1) is 11.3 Å². The Balaban J connectivity index is 1.52. The van der Waals surface area contributed by atoms with Gasteiger partial charge in [0, 0.05) is 37.4 Å². The second-order valence-electron chi connectivity index (χ2n) is 6.37. The van der Waals surface area contributed by atoms with E-state index in [9.17, 15) is 19.5 Å². The van der Waals surface area contributed by atoms with E-state index in [1.807, 2.05) is 5.38 Å². The van der Waals surface area contributed by atoms with E-state index in [1.54, 1.807) is 16.2 Å². The molecule has 2 amide bonds. The molecule has 0 bridgehead atoms. The van der Waals surface area contributed by atoms with Crippen LogP contribution in [0.4, 0.5) is 0 Å². The number of carbonyl (C=O) groups is 3. The molecule has 0 saturated carbocycles. The highest BCUT2D eigenvalue weighted by Gasteiger charge is 2.32. The van der Waals surface area contributed by atoms with Crippen molar-refractivity contribution >= 4 is 29.1 Å². The number of piperidine rings is 1. The third kappa shape index (κ3) is 3.61. The van der Waals surface area contributed by atoms with Crippen molar-refractivity contribution in [3.05, 3.63) is 21.9 Å². The fourth-order valence-electron chi connectivity index (χ4n) is 3.46. The van der Waals surface area contributed by atoms with Crippen molar-refractivity contribution in [1.82, 2.24) is 9.80 Å². The summed E-state index contributed by atoms with van der Waals surface area (Å²) in [5.41, 5.74) is 1.20. The average molecular weight is 350 g/mol. The van der Waals surface area contributed by atoms with Gasteiger partial charge in [0.25, 0.3) is 0 Å². The van der Waals surface area contributed by atoms with Gasteiger partial charge in [-0.05, 0) is 42.7 Å². The Labute approximate surface area is 145 Å². The van der Waals surface area contributed by atoms with Gasteiger partial charge in [0.15, 0.2) is 0 Å². The Kier molecular flexibility index (Phi) is 5.18. The van der Waals surface area contributed by atoms with E-state index < -0.39 is 12.0 Å². The SMILES string of the molecule is O=C(O)[C@H]1CCCCN1C(=O)CCC(=O)N1CCc2sccc2C1. The number of aliphatic carboxylic acids is 1. The molecule has 2 aliphatic heterocycles. The maximum Gasteiger partial charge on any atom is 0.326 e. The van der Waals surface area contributed by atoms with E-state index in [0.29, 0.717) is 26.1 Å². The molecule has 6 nitrogen and oxygen atoms in total. The first-order valence-electron chi connectivity index (χ1n) is 8.41. The molecule has 0 aliphatic carbocycles. The largest absolute Gasteiger partial charge is 0.480 e. The van der Waals surface area contributed by atoms with Gasteiger partial charge in [0.05, 0.1) is 0 Å². The van der Waals surface area contributed by atoms with Crippen molar-refractivity contribution in [3.63, 3.8) is 0 Å². The minimum absolute atomic E-state index is 0.0240. The number of likely N-dealkylation sites (tertiary alicyclic amines) is 1. The predicted octanol–water partition coefficient (Wildman–Crippen LogP) is 1.88. The van der Waals surface area contributed by atoms with Crippen LogP contribution in [-0.4, -0.2) is 51.8 Å². The summed E-state index contributed by atoms with van der Waals surface area (Å²) >= 11 is 1.72. The van der Waals surface area contributed by atoms with E-state index in [2.05, 4.69) is 6.07 Å². The number of carboxylic acids is 1. The number of carboxylic acid groups (broad SMARTS) is 1. The Morgan fingerprint density at radius 3 is 2.75 bits per heavy atom. The van der Waals surface area contributed by atoms with Gasteiger partial charge in [-0.25, -0.2) is 4.79 Å².